The highest BCUT2D eigenvalue weighted by atomic mass is 32.2. The third-order valence-electron chi connectivity index (χ3n) is 4.65. The van der Waals surface area contributed by atoms with Crippen LogP contribution in [0, 0.1) is 0 Å². The number of benzene rings is 1. The number of ether oxygens (including phenoxy) is 1. The van der Waals surface area contributed by atoms with Gasteiger partial charge in [-0.15, -0.1) is 0 Å². The minimum atomic E-state index is -4.05. The number of hydrogen-bond donors (Lipinski definition) is 1. The fourth-order valence-corrected chi connectivity index (χ4v) is 4.70. The van der Waals surface area contributed by atoms with Gasteiger partial charge in [0, 0.05) is 32.1 Å². The van der Waals surface area contributed by atoms with E-state index in [1.54, 1.807) is 6.07 Å². The van der Waals surface area contributed by atoms with Gasteiger partial charge in [-0.25, -0.2) is 8.42 Å². The van der Waals surface area contributed by atoms with E-state index < -0.39 is 22.0 Å². The first-order chi connectivity index (χ1) is 12.4. The number of carboxylic acids is 1. The first-order valence-corrected chi connectivity index (χ1v) is 10.0. The van der Waals surface area contributed by atoms with E-state index in [-0.39, 0.29) is 35.9 Å². The summed E-state index contributed by atoms with van der Waals surface area (Å²) in [5, 5.41) is 9.52. The lowest BCUT2D eigenvalue weighted by Crippen LogP contribution is -2.58. The summed E-state index contributed by atoms with van der Waals surface area (Å²) in [6, 6.07) is 3.20. The molecule has 0 radical (unpaired) electrons. The Balaban J connectivity index is 2.48. The predicted octanol–water partition coefficient (Wildman–Crippen LogP) is 1.30. The number of piperazine rings is 1. The molecule has 0 spiro atoms. The Morgan fingerprint density at radius 1 is 1.22 bits per heavy atom. The Bertz CT molecular complexity index is 844. The molecule has 0 aromatic heterocycles. The van der Waals surface area contributed by atoms with E-state index in [4.69, 9.17) is 4.74 Å². The molecule has 150 valence electrons. The fourth-order valence-electron chi connectivity index (χ4n) is 3.11. The van der Waals surface area contributed by atoms with Crippen LogP contribution < -0.4 is 4.74 Å². The standard InChI is InChI=1S/C18H26N2O6S/c1-12(21)19-8-9-20(15(11-19)17(22)23)27(24,25)13-6-7-16(26-5)14(10-13)18(2,3)4/h6-7,10,15H,8-9,11H2,1-5H3,(H,22,23)/t15-/m1/s1. The molecule has 0 aliphatic carbocycles. The summed E-state index contributed by atoms with van der Waals surface area (Å²) >= 11 is 0. The predicted molar refractivity (Wildman–Crippen MR) is 99.3 cm³/mol. The molecule has 8 nitrogen and oxygen atoms in total. The maximum atomic E-state index is 13.2. The van der Waals surface area contributed by atoms with Crippen LogP contribution in [-0.4, -0.2) is 67.4 Å². The van der Waals surface area contributed by atoms with E-state index in [1.165, 1.54) is 31.1 Å². The minimum Gasteiger partial charge on any atom is -0.496 e. The van der Waals surface area contributed by atoms with Gasteiger partial charge in [0.05, 0.1) is 12.0 Å². The van der Waals surface area contributed by atoms with Gasteiger partial charge in [0.1, 0.15) is 11.8 Å². The number of rotatable bonds is 4. The lowest BCUT2D eigenvalue weighted by molar-refractivity contribution is -0.145. The molecule has 1 aromatic rings. The van der Waals surface area contributed by atoms with E-state index in [0.717, 1.165) is 4.31 Å². The molecule has 1 saturated heterocycles. The molecule has 27 heavy (non-hydrogen) atoms. The molecule has 2 rings (SSSR count). The third kappa shape index (κ3) is 4.24. The number of methoxy groups -OCH3 is 1. The Hall–Kier alpha value is -2.13. The van der Waals surface area contributed by atoms with Crippen molar-refractivity contribution < 1.29 is 27.9 Å². The molecule has 1 heterocycles. The van der Waals surface area contributed by atoms with Crippen molar-refractivity contribution in [1.82, 2.24) is 9.21 Å². The smallest absolute Gasteiger partial charge is 0.323 e. The van der Waals surface area contributed by atoms with Gasteiger partial charge in [-0.05, 0) is 23.6 Å². The molecule has 1 N–H and O–H groups in total. The van der Waals surface area contributed by atoms with Crippen molar-refractivity contribution in [3.8, 4) is 5.75 Å². The van der Waals surface area contributed by atoms with E-state index in [9.17, 15) is 23.1 Å². The summed E-state index contributed by atoms with van der Waals surface area (Å²) in [5.74, 6) is -0.996. The van der Waals surface area contributed by atoms with Gasteiger partial charge in [0.15, 0.2) is 0 Å². The maximum absolute atomic E-state index is 13.2. The number of nitrogens with zero attached hydrogens (tertiary/aromatic N) is 2. The highest BCUT2D eigenvalue weighted by molar-refractivity contribution is 7.89. The maximum Gasteiger partial charge on any atom is 0.323 e. The highest BCUT2D eigenvalue weighted by Crippen LogP contribution is 2.34. The number of sulfonamides is 1. The highest BCUT2D eigenvalue weighted by Gasteiger charge is 2.41. The number of carboxylic acid groups (broad SMARTS) is 1. The molecule has 1 aliphatic heterocycles. The van der Waals surface area contributed by atoms with E-state index in [2.05, 4.69) is 0 Å². The first kappa shape index (κ1) is 21.2. The zero-order chi connectivity index (χ0) is 20.6. The molecule has 0 bridgehead atoms. The molecular weight excluding hydrogens is 372 g/mol. The van der Waals surface area contributed by atoms with Crippen molar-refractivity contribution in [2.45, 2.75) is 44.0 Å². The van der Waals surface area contributed by atoms with Crippen molar-refractivity contribution in [3.63, 3.8) is 0 Å². The molecule has 1 amide bonds. The van der Waals surface area contributed by atoms with Gasteiger partial charge in [0.2, 0.25) is 15.9 Å². The second-order valence-corrected chi connectivity index (χ2v) is 9.44. The Morgan fingerprint density at radius 2 is 1.85 bits per heavy atom. The summed E-state index contributed by atoms with van der Waals surface area (Å²) in [7, 11) is -2.54. The van der Waals surface area contributed by atoms with Crippen molar-refractivity contribution >= 4 is 21.9 Å². The number of carbonyl (C=O) groups excluding carboxylic acids is 1. The number of aliphatic carboxylic acids is 1. The summed E-state index contributed by atoms with van der Waals surface area (Å²) < 4.78 is 32.7. The summed E-state index contributed by atoms with van der Waals surface area (Å²) in [6.07, 6.45) is 0. The molecule has 1 fully saturated rings. The molecule has 0 saturated carbocycles. The average Bonchev–Trinajstić information content (AvgIpc) is 2.59. The van der Waals surface area contributed by atoms with Crippen molar-refractivity contribution in [1.29, 1.82) is 0 Å². The van der Waals surface area contributed by atoms with Crippen LogP contribution in [0.4, 0.5) is 0 Å². The largest absolute Gasteiger partial charge is 0.496 e. The SMILES string of the molecule is COc1ccc(S(=O)(=O)N2CCN(C(C)=O)C[C@@H]2C(=O)O)cc1C(C)(C)C. The van der Waals surface area contributed by atoms with Crippen molar-refractivity contribution in [2.75, 3.05) is 26.7 Å². The van der Waals surface area contributed by atoms with Crippen LogP contribution in [0.5, 0.6) is 5.75 Å². The molecule has 1 atom stereocenters. The quantitative estimate of drug-likeness (QED) is 0.820. The molecular formula is C18H26N2O6S. The van der Waals surface area contributed by atoms with Crippen LogP contribution in [0.2, 0.25) is 0 Å². The van der Waals surface area contributed by atoms with Crippen LogP contribution in [0.3, 0.4) is 0 Å². The lowest BCUT2D eigenvalue weighted by atomic mass is 9.86. The van der Waals surface area contributed by atoms with Crippen molar-refractivity contribution in [3.05, 3.63) is 23.8 Å². The Labute approximate surface area is 159 Å². The van der Waals surface area contributed by atoms with Crippen molar-refractivity contribution in [2.24, 2.45) is 0 Å². The summed E-state index contributed by atoms with van der Waals surface area (Å²) in [6.45, 7) is 7.05. The van der Waals surface area contributed by atoms with Gasteiger partial charge in [-0.1, -0.05) is 20.8 Å². The Morgan fingerprint density at radius 3 is 2.33 bits per heavy atom. The van der Waals surface area contributed by atoms with E-state index >= 15 is 0 Å². The lowest BCUT2D eigenvalue weighted by Gasteiger charge is -2.38. The van der Waals surface area contributed by atoms with E-state index in [1.807, 2.05) is 20.8 Å². The summed E-state index contributed by atoms with van der Waals surface area (Å²) in [4.78, 5) is 24.6. The van der Waals surface area contributed by atoms with Crippen LogP contribution in [-0.2, 0) is 25.0 Å². The first-order valence-electron chi connectivity index (χ1n) is 8.58. The van der Waals surface area contributed by atoms with Crippen LogP contribution in [0.15, 0.2) is 23.1 Å². The van der Waals surface area contributed by atoms with Gasteiger partial charge in [-0.2, -0.15) is 4.31 Å². The average molecular weight is 398 g/mol. The molecule has 0 unspecified atom stereocenters. The zero-order valence-electron chi connectivity index (χ0n) is 16.2. The van der Waals surface area contributed by atoms with Crippen LogP contribution in [0.25, 0.3) is 0 Å². The molecule has 9 heteroatoms. The van der Waals surface area contributed by atoms with Gasteiger partial charge >= 0.3 is 5.97 Å². The van der Waals surface area contributed by atoms with E-state index in [0.29, 0.717) is 11.3 Å². The molecule has 1 aromatic carbocycles. The minimum absolute atomic E-state index is 0.00995. The normalized spacial score (nSPS) is 19.0. The van der Waals surface area contributed by atoms with Crippen LogP contribution >= 0.6 is 0 Å². The number of amides is 1. The fraction of sp³-hybridized carbons (Fsp3) is 0.556. The number of carbonyl (C=O) groups is 2. The van der Waals surface area contributed by atoms with Gasteiger partial charge in [-0.3, -0.25) is 9.59 Å². The third-order valence-corrected chi connectivity index (χ3v) is 6.55. The van der Waals surface area contributed by atoms with Crippen LogP contribution in [0.1, 0.15) is 33.3 Å². The second-order valence-electron chi connectivity index (χ2n) is 7.55. The van der Waals surface area contributed by atoms with Gasteiger partial charge in [0.25, 0.3) is 0 Å². The molecule has 1 aliphatic rings. The summed E-state index contributed by atoms with van der Waals surface area (Å²) in [5.41, 5.74) is 0.344. The van der Waals surface area contributed by atoms with Gasteiger partial charge < -0.3 is 14.7 Å². The zero-order valence-corrected chi connectivity index (χ0v) is 17.0. The topological polar surface area (TPSA) is 104 Å². The monoisotopic (exact) mass is 398 g/mol. The second kappa shape index (κ2) is 7.47. The Kier molecular flexibility index (Phi) is 5.86. The number of hydrogen-bond acceptors (Lipinski definition) is 5.